The van der Waals surface area contributed by atoms with E-state index in [4.69, 9.17) is 11.6 Å². The largest absolute Gasteiger partial charge is 0.506 e. The molecule has 0 saturated carbocycles. The monoisotopic (exact) mass is 238 g/mol. The molecule has 0 radical (unpaired) electrons. The summed E-state index contributed by atoms with van der Waals surface area (Å²) >= 11 is 5.50. The van der Waals surface area contributed by atoms with Gasteiger partial charge in [0.05, 0.1) is 16.1 Å². The third kappa shape index (κ3) is 2.23. The molecule has 0 fully saturated rings. The Labute approximate surface area is 88.3 Å². The maximum absolute atomic E-state index is 12.3. The molecule has 1 aromatic rings. The van der Waals surface area contributed by atoms with E-state index in [9.17, 15) is 23.1 Å². The first kappa shape index (κ1) is 11.8. The van der Waals surface area contributed by atoms with Crippen LogP contribution in [-0.4, -0.2) is 10.9 Å². The van der Waals surface area contributed by atoms with Gasteiger partial charge in [0.2, 0.25) is 0 Å². The number of aromatic hydroxyl groups is 1. The fourth-order valence-electron chi connectivity index (χ4n) is 1.13. The molecule has 0 unspecified atom stereocenters. The van der Waals surface area contributed by atoms with E-state index in [-0.39, 0.29) is 5.02 Å². The Morgan fingerprint density at radius 3 is 2.33 bits per heavy atom. The fraction of sp³-hybridized carbons (Fsp3) is 0.222. The summed E-state index contributed by atoms with van der Waals surface area (Å²) in [7, 11) is 0. The number of carbonyl (C=O) groups is 1. The maximum atomic E-state index is 12.3. The highest BCUT2D eigenvalue weighted by atomic mass is 35.5. The lowest BCUT2D eigenvalue weighted by molar-refractivity contribution is -0.138. The molecule has 1 aromatic carbocycles. The molecule has 0 saturated heterocycles. The van der Waals surface area contributed by atoms with Crippen molar-refractivity contribution in [2.75, 3.05) is 0 Å². The van der Waals surface area contributed by atoms with Gasteiger partial charge in [-0.1, -0.05) is 11.6 Å². The van der Waals surface area contributed by atoms with Crippen LogP contribution in [0.2, 0.25) is 5.02 Å². The van der Waals surface area contributed by atoms with Gasteiger partial charge in [0.25, 0.3) is 0 Å². The van der Waals surface area contributed by atoms with E-state index in [0.29, 0.717) is 6.07 Å². The number of Topliss-reactive ketones (excluding diaryl/α,β-unsaturated/α-hetero) is 1. The highest BCUT2D eigenvalue weighted by molar-refractivity contribution is 6.34. The SMILES string of the molecule is CC(=O)c1c(Cl)ccc(C(F)(F)F)c1O. The lowest BCUT2D eigenvalue weighted by Gasteiger charge is -2.11. The van der Waals surface area contributed by atoms with Gasteiger partial charge in [-0.25, -0.2) is 0 Å². The van der Waals surface area contributed by atoms with Crippen LogP contribution in [0.25, 0.3) is 0 Å². The highest BCUT2D eigenvalue weighted by Gasteiger charge is 2.35. The van der Waals surface area contributed by atoms with Gasteiger partial charge in [0, 0.05) is 0 Å². The van der Waals surface area contributed by atoms with Crippen LogP contribution < -0.4 is 0 Å². The molecule has 0 amide bonds. The second-order valence-electron chi connectivity index (χ2n) is 2.87. The Hall–Kier alpha value is -1.23. The van der Waals surface area contributed by atoms with Gasteiger partial charge in [-0.15, -0.1) is 0 Å². The second kappa shape index (κ2) is 3.73. The zero-order chi connectivity index (χ0) is 11.8. The van der Waals surface area contributed by atoms with Gasteiger partial charge in [0.15, 0.2) is 5.78 Å². The number of phenols is 1. The minimum absolute atomic E-state index is 0.201. The van der Waals surface area contributed by atoms with Crippen molar-refractivity contribution in [2.24, 2.45) is 0 Å². The Balaban J connectivity index is 3.49. The van der Waals surface area contributed by atoms with Crippen LogP contribution in [0.1, 0.15) is 22.8 Å². The number of phenolic OH excluding ortho intramolecular Hbond substituents is 1. The summed E-state index contributed by atoms with van der Waals surface area (Å²) in [4.78, 5) is 11.0. The van der Waals surface area contributed by atoms with Crippen LogP contribution in [0.4, 0.5) is 13.2 Å². The molecule has 0 bridgehead atoms. The van der Waals surface area contributed by atoms with E-state index in [1.54, 1.807) is 0 Å². The number of halogens is 4. The zero-order valence-electron chi connectivity index (χ0n) is 7.52. The zero-order valence-corrected chi connectivity index (χ0v) is 8.28. The van der Waals surface area contributed by atoms with Gasteiger partial charge >= 0.3 is 6.18 Å². The summed E-state index contributed by atoms with van der Waals surface area (Å²) in [5, 5.41) is 9.05. The second-order valence-corrected chi connectivity index (χ2v) is 3.28. The van der Waals surface area contributed by atoms with Crippen molar-refractivity contribution in [3.8, 4) is 5.75 Å². The van der Waals surface area contributed by atoms with Crippen molar-refractivity contribution in [1.82, 2.24) is 0 Å². The standard InChI is InChI=1S/C9H6ClF3O2/c1-4(14)7-6(10)3-2-5(8(7)15)9(11,12)13/h2-3,15H,1H3. The molecule has 0 aliphatic carbocycles. The van der Waals surface area contributed by atoms with Crippen LogP contribution in [0.5, 0.6) is 5.75 Å². The fourth-order valence-corrected chi connectivity index (χ4v) is 1.42. The predicted molar refractivity (Wildman–Crippen MR) is 48.1 cm³/mol. The molecular formula is C9H6ClF3O2. The molecule has 6 heteroatoms. The summed E-state index contributed by atoms with van der Waals surface area (Å²) in [6.07, 6.45) is -4.71. The molecule has 2 nitrogen and oxygen atoms in total. The molecule has 15 heavy (non-hydrogen) atoms. The lowest BCUT2D eigenvalue weighted by atomic mass is 10.1. The number of hydrogen-bond acceptors (Lipinski definition) is 2. The van der Waals surface area contributed by atoms with Crippen LogP contribution in [0.3, 0.4) is 0 Å². The third-order valence-electron chi connectivity index (χ3n) is 1.78. The van der Waals surface area contributed by atoms with Crippen LogP contribution in [-0.2, 0) is 6.18 Å². The summed E-state index contributed by atoms with van der Waals surface area (Å²) in [5.41, 5.74) is -1.77. The minimum atomic E-state index is -4.71. The summed E-state index contributed by atoms with van der Waals surface area (Å²) < 4.78 is 36.9. The Morgan fingerprint density at radius 2 is 1.93 bits per heavy atom. The predicted octanol–water partition coefficient (Wildman–Crippen LogP) is 3.27. The van der Waals surface area contributed by atoms with E-state index in [1.807, 2.05) is 0 Å². The molecule has 82 valence electrons. The van der Waals surface area contributed by atoms with E-state index in [1.165, 1.54) is 0 Å². The van der Waals surface area contributed by atoms with Crippen molar-refractivity contribution in [3.63, 3.8) is 0 Å². The molecule has 0 aliphatic heterocycles. The number of hydrogen-bond donors (Lipinski definition) is 1. The normalized spacial score (nSPS) is 11.5. The average Bonchev–Trinajstić information content (AvgIpc) is 2.00. The Bertz CT molecular complexity index is 413. The number of ketones is 1. The van der Waals surface area contributed by atoms with Gasteiger partial charge in [-0.3, -0.25) is 4.79 Å². The molecule has 0 atom stereocenters. The topological polar surface area (TPSA) is 37.3 Å². The maximum Gasteiger partial charge on any atom is 0.419 e. The van der Waals surface area contributed by atoms with Gasteiger partial charge in [-0.05, 0) is 19.1 Å². The quantitative estimate of drug-likeness (QED) is 0.763. The van der Waals surface area contributed by atoms with Gasteiger partial charge in [0.1, 0.15) is 5.75 Å². The number of alkyl halides is 3. The Morgan fingerprint density at radius 1 is 1.40 bits per heavy atom. The summed E-state index contributed by atoms with van der Waals surface area (Å²) in [5.74, 6) is -1.84. The summed E-state index contributed by atoms with van der Waals surface area (Å²) in [6, 6.07) is 1.56. The van der Waals surface area contributed by atoms with Gasteiger partial charge in [-0.2, -0.15) is 13.2 Å². The molecule has 0 aliphatic rings. The van der Waals surface area contributed by atoms with Gasteiger partial charge < -0.3 is 5.11 Å². The molecule has 1 N–H and O–H groups in total. The van der Waals surface area contributed by atoms with Crippen molar-refractivity contribution < 1.29 is 23.1 Å². The number of benzene rings is 1. The molecule has 0 spiro atoms. The van der Waals surface area contributed by atoms with Crippen LogP contribution in [0.15, 0.2) is 12.1 Å². The van der Waals surface area contributed by atoms with E-state index >= 15 is 0 Å². The first-order valence-electron chi connectivity index (χ1n) is 3.84. The molecule has 1 rings (SSSR count). The lowest BCUT2D eigenvalue weighted by Crippen LogP contribution is -2.08. The smallest absolute Gasteiger partial charge is 0.419 e. The van der Waals surface area contributed by atoms with Crippen molar-refractivity contribution in [1.29, 1.82) is 0 Å². The molecule has 0 heterocycles. The third-order valence-corrected chi connectivity index (χ3v) is 2.10. The average molecular weight is 239 g/mol. The molecule has 0 aromatic heterocycles. The van der Waals surface area contributed by atoms with Crippen molar-refractivity contribution in [3.05, 3.63) is 28.3 Å². The number of carbonyl (C=O) groups excluding carboxylic acids is 1. The number of rotatable bonds is 1. The van der Waals surface area contributed by atoms with Crippen LogP contribution in [0, 0.1) is 0 Å². The minimum Gasteiger partial charge on any atom is -0.506 e. The highest BCUT2D eigenvalue weighted by Crippen LogP contribution is 2.39. The molecular weight excluding hydrogens is 233 g/mol. The first-order valence-corrected chi connectivity index (χ1v) is 4.22. The van der Waals surface area contributed by atoms with Crippen molar-refractivity contribution in [2.45, 2.75) is 13.1 Å². The van der Waals surface area contributed by atoms with Crippen LogP contribution >= 0.6 is 11.6 Å². The van der Waals surface area contributed by atoms with E-state index in [2.05, 4.69) is 0 Å². The Kier molecular flexibility index (Phi) is 2.95. The van der Waals surface area contributed by atoms with E-state index < -0.39 is 28.8 Å². The van der Waals surface area contributed by atoms with Crippen molar-refractivity contribution >= 4 is 17.4 Å². The first-order chi connectivity index (χ1) is 6.75. The summed E-state index contributed by atoms with van der Waals surface area (Å²) in [6.45, 7) is 1.03. The van der Waals surface area contributed by atoms with E-state index in [0.717, 1.165) is 13.0 Å².